The third-order valence-electron chi connectivity index (χ3n) is 6.59. The summed E-state index contributed by atoms with van der Waals surface area (Å²) in [5.41, 5.74) is 3.99. The molecule has 2 aromatic heterocycles. The first-order valence-corrected chi connectivity index (χ1v) is 13.1. The van der Waals surface area contributed by atoms with Gasteiger partial charge in [-0.2, -0.15) is 4.98 Å². The van der Waals surface area contributed by atoms with Crippen LogP contribution < -0.4 is 10.6 Å². The molecule has 6 nitrogen and oxygen atoms in total. The minimum Gasteiger partial charge on any atom is -0.396 e. The number of thiazole rings is 1. The molecule has 3 aromatic rings. The SMILES string of the molecule is C/C=C/C=C\C(=C/C)CNc1nc(C)c(-c2nc3ccccc3s2)c(N[C@@H]2C[C@H](CO)C[C@H]2C)n1. The van der Waals surface area contributed by atoms with Crippen LogP contribution in [-0.4, -0.2) is 39.3 Å². The zero-order valence-electron chi connectivity index (χ0n) is 21.0. The van der Waals surface area contributed by atoms with Crippen molar-refractivity contribution in [3.8, 4) is 10.6 Å². The molecule has 1 fully saturated rings. The van der Waals surface area contributed by atoms with E-state index in [1.807, 2.05) is 57.2 Å². The number of benzene rings is 1. The Kier molecular flexibility index (Phi) is 8.31. The number of hydrogen-bond donors (Lipinski definition) is 3. The van der Waals surface area contributed by atoms with Crippen molar-refractivity contribution in [2.75, 3.05) is 23.8 Å². The van der Waals surface area contributed by atoms with E-state index in [-0.39, 0.29) is 12.6 Å². The second kappa shape index (κ2) is 11.6. The number of nitrogens with one attached hydrogen (secondary N) is 2. The monoisotopic (exact) mass is 489 g/mol. The van der Waals surface area contributed by atoms with E-state index >= 15 is 0 Å². The van der Waals surface area contributed by atoms with Gasteiger partial charge in [-0.1, -0.05) is 49.4 Å². The van der Waals surface area contributed by atoms with Crippen LogP contribution in [-0.2, 0) is 0 Å². The average Bonchev–Trinajstić information content (AvgIpc) is 3.44. The minimum atomic E-state index is 0.232. The van der Waals surface area contributed by atoms with Crippen LogP contribution in [0.3, 0.4) is 0 Å². The summed E-state index contributed by atoms with van der Waals surface area (Å²) in [5, 5.41) is 17.7. The highest BCUT2D eigenvalue weighted by Crippen LogP contribution is 2.39. The van der Waals surface area contributed by atoms with E-state index in [0.717, 1.165) is 50.7 Å². The number of aryl methyl sites for hydroxylation is 1. The fraction of sp³-hybridized carbons (Fsp3) is 0.393. The standard InChI is InChI=1S/C28H35N5OS/c1-5-7-8-11-20(6-2)16-29-28-30-19(4)25(27-32-22-12-9-10-13-24(22)35-27)26(33-28)31-23-15-21(17-34)14-18(23)3/h5-13,18,21,23,34H,14-17H2,1-4H3,(H2,29,30,31,33)/b7-5+,11-8-,20-6+/t18-,21-,23-/m1/s1. The van der Waals surface area contributed by atoms with Crippen LogP contribution in [0.4, 0.5) is 11.8 Å². The topological polar surface area (TPSA) is 83.0 Å². The van der Waals surface area contributed by atoms with Gasteiger partial charge in [-0.15, -0.1) is 11.3 Å². The van der Waals surface area contributed by atoms with Gasteiger partial charge in [0.1, 0.15) is 10.8 Å². The normalized spacial score (nSPS) is 20.9. The quantitative estimate of drug-likeness (QED) is 0.303. The van der Waals surface area contributed by atoms with Gasteiger partial charge in [0.2, 0.25) is 5.95 Å². The van der Waals surface area contributed by atoms with Crippen LogP contribution in [0.1, 0.15) is 39.3 Å². The minimum absolute atomic E-state index is 0.232. The molecule has 0 radical (unpaired) electrons. The Hall–Kier alpha value is -3.03. The van der Waals surface area contributed by atoms with E-state index < -0.39 is 0 Å². The predicted molar refractivity (Wildman–Crippen MR) is 148 cm³/mol. The van der Waals surface area contributed by atoms with Crippen molar-refractivity contribution in [2.45, 2.75) is 46.6 Å². The summed E-state index contributed by atoms with van der Waals surface area (Å²) in [4.78, 5) is 14.6. The molecule has 0 spiro atoms. The number of rotatable bonds is 9. The van der Waals surface area contributed by atoms with Crippen molar-refractivity contribution < 1.29 is 5.11 Å². The fourth-order valence-corrected chi connectivity index (χ4v) is 5.69. The van der Waals surface area contributed by atoms with Crippen molar-refractivity contribution in [3.05, 3.63) is 65.9 Å². The van der Waals surface area contributed by atoms with Crippen molar-refractivity contribution in [2.24, 2.45) is 11.8 Å². The Morgan fingerprint density at radius 2 is 1.97 bits per heavy atom. The first kappa shape index (κ1) is 25.1. The maximum atomic E-state index is 9.71. The number of aliphatic hydroxyl groups is 1. The average molecular weight is 490 g/mol. The number of para-hydroxylation sites is 1. The van der Waals surface area contributed by atoms with Crippen LogP contribution in [0.15, 0.2) is 60.2 Å². The van der Waals surface area contributed by atoms with Crippen molar-refractivity contribution in [1.82, 2.24) is 15.0 Å². The Labute approximate surface area is 211 Å². The Balaban J connectivity index is 1.67. The smallest absolute Gasteiger partial charge is 0.225 e. The van der Waals surface area contributed by atoms with Crippen molar-refractivity contribution in [3.63, 3.8) is 0 Å². The maximum absolute atomic E-state index is 9.71. The molecule has 3 atom stereocenters. The van der Waals surface area contributed by atoms with E-state index in [1.165, 1.54) is 0 Å². The molecule has 3 N–H and O–H groups in total. The summed E-state index contributed by atoms with van der Waals surface area (Å²) in [7, 11) is 0. The maximum Gasteiger partial charge on any atom is 0.225 e. The first-order chi connectivity index (χ1) is 17.0. The molecule has 184 valence electrons. The van der Waals surface area contributed by atoms with E-state index in [4.69, 9.17) is 15.0 Å². The lowest BCUT2D eigenvalue weighted by molar-refractivity contribution is 0.226. The first-order valence-electron chi connectivity index (χ1n) is 12.3. The fourth-order valence-electron chi connectivity index (χ4n) is 4.62. The number of anilines is 2. The van der Waals surface area contributed by atoms with E-state index in [9.17, 15) is 5.11 Å². The molecule has 0 amide bonds. The predicted octanol–water partition coefficient (Wildman–Crippen LogP) is 6.37. The third-order valence-corrected chi connectivity index (χ3v) is 7.65. The lowest BCUT2D eigenvalue weighted by atomic mass is 10.1. The number of fused-ring (bicyclic) bond motifs is 1. The molecule has 0 saturated heterocycles. The lowest BCUT2D eigenvalue weighted by Crippen LogP contribution is -2.24. The Bertz CT molecular complexity index is 1210. The number of allylic oxidation sites excluding steroid dienone is 4. The second-order valence-corrected chi connectivity index (χ2v) is 10.2. The Morgan fingerprint density at radius 1 is 1.14 bits per heavy atom. The summed E-state index contributed by atoms with van der Waals surface area (Å²) in [6.07, 6.45) is 12.2. The lowest BCUT2D eigenvalue weighted by Gasteiger charge is -2.21. The molecular formula is C28H35N5OS. The molecular weight excluding hydrogens is 454 g/mol. The van der Waals surface area contributed by atoms with Crippen LogP contribution in [0.2, 0.25) is 0 Å². The van der Waals surface area contributed by atoms with Crippen LogP contribution >= 0.6 is 11.3 Å². The van der Waals surface area contributed by atoms with Crippen molar-refractivity contribution >= 4 is 33.3 Å². The molecule has 0 bridgehead atoms. The number of hydrogen-bond acceptors (Lipinski definition) is 7. The zero-order chi connectivity index (χ0) is 24.8. The largest absolute Gasteiger partial charge is 0.396 e. The highest BCUT2D eigenvalue weighted by Gasteiger charge is 2.32. The number of aromatic nitrogens is 3. The number of aliphatic hydroxyl groups excluding tert-OH is 1. The summed E-state index contributed by atoms with van der Waals surface area (Å²) < 4.78 is 1.15. The van der Waals surface area contributed by atoms with Crippen molar-refractivity contribution in [1.29, 1.82) is 0 Å². The highest BCUT2D eigenvalue weighted by atomic mass is 32.1. The van der Waals surface area contributed by atoms with Gasteiger partial charge >= 0.3 is 0 Å². The molecule has 1 aliphatic carbocycles. The van der Waals surface area contributed by atoms with E-state index in [0.29, 0.717) is 24.3 Å². The van der Waals surface area contributed by atoms with Gasteiger partial charge in [-0.05, 0) is 63.2 Å². The molecule has 4 rings (SSSR count). The summed E-state index contributed by atoms with van der Waals surface area (Å²) in [6.45, 7) is 9.17. The van der Waals surface area contributed by atoms with E-state index in [2.05, 4.69) is 35.8 Å². The molecule has 1 aliphatic rings. The van der Waals surface area contributed by atoms with E-state index in [1.54, 1.807) is 11.3 Å². The van der Waals surface area contributed by atoms with Gasteiger partial charge in [0, 0.05) is 19.2 Å². The van der Waals surface area contributed by atoms with Crippen LogP contribution in [0, 0.1) is 18.8 Å². The van der Waals surface area contributed by atoms with Gasteiger partial charge in [-0.25, -0.2) is 9.97 Å². The molecule has 0 unspecified atom stereocenters. The molecule has 1 aromatic carbocycles. The third kappa shape index (κ3) is 5.97. The highest BCUT2D eigenvalue weighted by molar-refractivity contribution is 7.21. The zero-order valence-corrected chi connectivity index (χ0v) is 21.8. The molecule has 7 heteroatoms. The van der Waals surface area contributed by atoms with Crippen LogP contribution in [0.5, 0.6) is 0 Å². The summed E-state index contributed by atoms with van der Waals surface area (Å²) >= 11 is 1.67. The molecule has 2 heterocycles. The van der Waals surface area contributed by atoms with Gasteiger partial charge in [-0.3, -0.25) is 0 Å². The van der Waals surface area contributed by atoms with Gasteiger partial charge in [0.25, 0.3) is 0 Å². The summed E-state index contributed by atoms with van der Waals surface area (Å²) in [6, 6.07) is 8.44. The summed E-state index contributed by atoms with van der Waals surface area (Å²) in [5.74, 6) is 2.18. The van der Waals surface area contributed by atoms with Gasteiger partial charge in [0.15, 0.2) is 0 Å². The van der Waals surface area contributed by atoms with Gasteiger partial charge < -0.3 is 15.7 Å². The molecule has 1 saturated carbocycles. The number of nitrogens with zero attached hydrogens (tertiary/aromatic N) is 3. The molecule has 0 aliphatic heterocycles. The van der Waals surface area contributed by atoms with Crippen LogP contribution in [0.25, 0.3) is 20.8 Å². The second-order valence-electron chi connectivity index (χ2n) is 9.19. The Morgan fingerprint density at radius 3 is 2.69 bits per heavy atom. The molecule has 35 heavy (non-hydrogen) atoms. The van der Waals surface area contributed by atoms with Gasteiger partial charge in [0.05, 0.1) is 21.5 Å².